The van der Waals surface area contributed by atoms with Crippen LogP contribution in [0.5, 0.6) is 5.75 Å². The van der Waals surface area contributed by atoms with Crippen LogP contribution in [0.15, 0.2) is 33.5 Å². The molecular formula is C21H29NO4. The molecule has 0 amide bonds. The Morgan fingerprint density at radius 2 is 1.92 bits per heavy atom. The molecule has 1 atom stereocenters. The van der Waals surface area contributed by atoms with Crippen LogP contribution in [0, 0.1) is 5.92 Å². The van der Waals surface area contributed by atoms with Crippen LogP contribution in [0.1, 0.15) is 38.7 Å². The molecule has 1 saturated heterocycles. The predicted molar refractivity (Wildman–Crippen MR) is 103 cm³/mol. The van der Waals surface area contributed by atoms with Crippen molar-refractivity contribution in [1.82, 2.24) is 4.90 Å². The van der Waals surface area contributed by atoms with Gasteiger partial charge in [0.25, 0.3) is 0 Å². The van der Waals surface area contributed by atoms with Gasteiger partial charge in [0.2, 0.25) is 0 Å². The molecule has 0 radical (unpaired) electrons. The Balaban J connectivity index is 1.79. The van der Waals surface area contributed by atoms with Crippen LogP contribution in [-0.2, 0) is 6.42 Å². The number of β-amino-alcohol motifs (C(OH)–C–C–N with tert-alkyl or cyclic N) is 1. The fourth-order valence-electron chi connectivity index (χ4n) is 3.58. The van der Waals surface area contributed by atoms with Crippen LogP contribution in [-0.4, -0.2) is 42.4 Å². The van der Waals surface area contributed by atoms with Crippen molar-refractivity contribution in [3.8, 4) is 5.75 Å². The normalized spacial score (nSPS) is 16.9. The first kappa shape index (κ1) is 18.9. The summed E-state index contributed by atoms with van der Waals surface area (Å²) < 4.78 is 11.5. The monoisotopic (exact) mass is 359 g/mol. The van der Waals surface area contributed by atoms with Crippen LogP contribution >= 0.6 is 0 Å². The lowest BCUT2D eigenvalue weighted by atomic mass is 10.0. The number of hydrogen-bond donors (Lipinski definition) is 1. The zero-order valence-electron chi connectivity index (χ0n) is 15.7. The van der Waals surface area contributed by atoms with Crippen LogP contribution in [0.2, 0.25) is 0 Å². The summed E-state index contributed by atoms with van der Waals surface area (Å²) >= 11 is 0. The molecule has 26 heavy (non-hydrogen) atoms. The highest BCUT2D eigenvalue weighted by Gasteiger charge is 2.20. The Kier molecular flexibility index (Phi) is 6.33. The number of rotatable bonds is 7. The first-order chi connectivity index (χ1) is 12.5. The molecule has 1 N–H and O–H groups in total. The number of hydrogen-bond acceptors (Lipinski definition) is 5. The molecule has 3 rings (SSSR count). The number of nitrogens with zero attached hydrogens (tertiary/aromatic N) is 1. The van der Waals surface area contributed by atoms with Gasteiger partial charge in [-0.1, -0.05) is 32.4 Å². The van der Waals surface area contributed by atoms with E-state index in [4.69, 9.17) is 9.15 Å². The van der Waals surface area contributed by atoms with Gasteiger partial charge in [-0.05, 0) is 50.4 Å². The first-order valence-corrected chi connectivity index (χ1v) is 9.62. The largest absolute Gasteiger partial charge is 0.490 e. The minimum atomic E-state index is -0.578. The number of ether oxygens (including phenoxy) is 1. The minimum Gasteiger partial charge on any atom is -0.490 e. The summed E-state index contributed by atoms with van der Waals surface area (Å²) in [4.78, 5) is 14.7. The van der Waals surface area contributed by atoms with Gasteiger partial charge in [0.05, 0.1) is 10.9 Å². The van der Waals surface area contributed by atoms with Crippen LogP contribution in [0.3, 0.4) is 0 Å². The summed E-state index contributed by atoms with van der Waals surface area (Å²) in [6.07, 6.45) is 3.66. The molecule has 5 heteroatoms. The van der Waals surface area contributed by atoms with Gasteiger partial charge in [-0.3, -0.25) is 0 Å². The highest BCUT2D eigenvalue weighted by atomic mass is 16.5. The fraction of sp³-hybridized carbons (Fsp3) is 0.571. The molecule has 0 bridgehead atoms. The summed E-state index contributed by atoms with van der Waals surface area (Å²) in [5, 5.41) is 11.2. The van der Waals surface area contributed by atoms with Crippen LogP contribution in [0.4, 0.5) is 0 Å². The Bertz CT molecular complexity index is 777. The molecule has 2 heterocycles. The van der Waals surface area contributed by atoms with E-state index in [1.165, 1.54) is 19.3 Å². The van der Waals surface area contributed by atoms with Gasteiger partial charge in [0, 0.05) is 6.54 Å². The molecule has 1 unspecified atom stereocenters. The first-order valence-electron chi connectivity index (χ1n) is 9.62. The number of fused-ring (bicyclic) bond motifs is 1. The van der Waals surface area contributed by atoms with Crippen LogP contribution in [0.25, 0.3) is 11.0 Å². The second-order valence-corrected chi connectivity index (χ2v) is 7.62. The Labute approximate surface area is 154 Å². The number of aliphatic hydroxyl groups is 1. The highest BCUT2D eigenvalue weighted by molar-refractivity contribution is 5.84. The van der Waals surface area contributed by atoms with Gasteiger partial charge in [0.15, 0.2) is 0 Å². The van der Waals surface area contributed by atoms with Gasteiger partial charge in [-0.15, -0.1) is 0 Å². The van der Waals surface area contributed by atoms with Crippen molar-refractivity contribution in [3.63, 3.8) is 0 Å². The molecule has 1 aromatic carbocycles. The zero-order chi connectivity index (χ0) is 18.5. The third-order valence-electron chi connectivity index (χ3n) is 4.80. The topological polar surface area (TPSA) is 62.9 Å². The minimum absolute atomic E-state index is 0.176. The molecule has 2 aromatic rings. The maximum absolute atomic E-state index is 12.4. The number of para-hydroxylation sites is 1. The summed E-state index contributed by atoms with van der Waals surface area (Å²) in [7, 11) is 0. The van der Waals surface area contributed by atoms with Gasteiger partial charge >= 0.3 is 5.63 Å². The van der Waals surface area contributed by atoms with E-state index in [2.05, 4.69) is 18.7 Å². The molecule has 142 valence electrons. The number of aliphatic hydroxyl groups excluding tert-OH is 1. The van der Waals surface area contributed by atoms with Crippen molar-refractivity contribution >= 4 is 11.0 Å². The Morgan fingerprint density at radius 1 is 1.19 bits per heavy atom. The van der Waals surface area contributed by atoms with Gasteiger partial charge < -0.3 is 19.2 Å². The second-order valence-electron chi connectivity index (χ2n) is 7.62. The zero-order valence-corrected chi connectivity index (χ0v) is 15.7. The van der Waals surface area contributed by atoms with E-state index in [1.54, 1.807) is 6.07 Å². The quantitative estimate of drug-likeness (QED) is 0.769. The molecule has 1 aromatic heterocycles. The van der Waals surface area contributed by atoms with Crippen molar-refractivity contribution < 1.29 is 14.3 Å². The van der Waals surface area contributed by atoms with E-state index in [-0.39, 0.29) is 12.2 Å². The van der Waals surface area contributed by atoms with Gasteiger partial charge in [-0.25, -0.2) is 4.79 Å². The molecule has 5 nitrogen and oxygen atoms in total. The van der Waals surface area contributed by atoms with E-state index in [1.807, 2.05) is 18.2 Å². The SMILES string of the molecule is CC(C)Cc1c(OCC(O)CN2CCCCC2)c2ccccc2oc1=O. The number of benzene rings is 1. The predicted octanol–water partition coefficient (Wildman–Crippen LogP) is 3.22. The van der Waals surface area contributed by atoms with Gasteiger partial charge in [0.1, 0.15) is 24.0 Å². The maximum atomic E-state index is 12.4. The van der Waals surface area contributed by atoms with E-state index >= 15 is 0 Å². The van der Waals surface area contributed by atoms with Crippen molar-refractivity contribution in [3.05, 3.63) is 40.2 Å². The van der Waals surface area contributed by atoms with Crippen molar-refractivity contribution in [1.29, 1.82) is 0 Å². The average molecular weight is 359 g/mol. The van der Waals surface area contributed by atoms with E-state index in [0.29, 0.717) is 35.8 Å². The van der Waals surface area contributed by atoms with E-state index in [9.17, 15) is 9.90 Å². The third kappa shape index (κ3) is 4.65. The molecule has 1 aliphatic rings. The summed E-state index contributed by atoms with van der Waals surface area (Å²) in [5.41, 5.74) is 0.729. The molecule has 0 saturated carbocycles. The lowest BCUT2D eigenvalue weighted by molar-refractivity contribution is 0.0617. The molecular weight excluding hydrogens is 330 g/mol. The van der Waals surface area contributed by atoms with E-state index in [0.717, 1.165) is 18.5 Å². The summed E-state index contributed by atoms with van der Waals surface area (Å²) in [6.45, 7) is 6.97. The Morgan fingerprint density at radius 3 is 2.65 bits per heavy atom. The third-order valence-corrected chi connectivity index (χ3v) is 4.80. The maximum Gasteiger partial charge on any atom is 0.343 e. The number of piperidine rings is 1. The Hall–Kier alpha value is -1.85. The van der Waals surface area contributed by atoms with Crippen LogP contribution < -0.4 is 10.4 Å². The molecule has 0 spiro atoms. The average Bonchev–Trinajstić information content (AvgIpc) is 2.62. The van der Waals surface area contributed by atoms with Crippen molar-refractivity contribution in [2.24, 2.45) is 5.92 Å². The standard InChI is InChI=1S/C21H29NO4/c1-15(2)12-18-20(17-8-4-5-9-19(17)26-21(18)24)25-14-16(23)13-22-10-6-3-7-11-22/h4-5,8-9,15-16,23H,3,6-7,10-14H2,1-2H3. The lowest BCUT2D eigenvalue weighted by Gasteiger charge is -2.28. The van der Waals surface area contributed by atoms with E-state index < -0.39 is 6.10 Å². The molecule has 0 aliphatic carbocycles. The van der Waals surface area contributed by atoms with Gasteiger partial charge in [-0.2, -0.15) is 0 Å². The van der Waals surface area contributed by atoms with Crippen molar-refractivity contribution in [2.75, 3.05) is 26.2 Å². The highest BCUT2D eigenvalue weighted by Crippen LogP contribution is 2.29. The summed E-state index contributed by atoms with van der Waals surface area (Å²) in [5.74, 6) is 0.864. The smallest absolute Gasteiger partial charge is 0.343 e. The summed E-state index contributed by atoms with van der Waals surface area (Å²) in [6, 6.07) is 7.40. The number of likely N-dealkylation sites (tertiary alicyclic amines) is 1. The van der Waals surface area contributed by atoms with Crippen molar-refractivity contribution in [2.45, 2.75) is 45.6 Å². The molecule has 1 aliphatic heterocycles. The fourth-order valence-corrected chi connectivity index (χ4v) is 3.58. The second kappa shape index (κ2) is 8.69. The molecule has 1 fully saturated rings. The lowest BCUT2D eigenvalue weighted by Crippen LogP contribution is -2.38.